The predicted molar refractivity (Wildman–Crippen MR) is 70.8 cm³/mol. The van der Waals surface area contributed by atoms with Gasteiger partial charge in [-0.3, -0.25) is 0 Å². The summed E-state index contributed by atoms with van der Waals surface area (Å²) in [5.41, 5.74) is 1.83. The van der Waals surface area contributed by atoms with Crippen LogP contribution in [0.2, 0.25) is 0 Å². The van der Waals surface area contributed by atoms with Crippen LogP contribution in [-0.4, -0.2) is 63.1 Å². The highest BCUT2D eigenvalue weighted by atomic mass is 16.4. The van der Waals surface area contributed by atoms with Gasteiger partial charge in [0.25, 0.3) is 0 Å². The lowest BCUT2D eigenvalue weighted by Gasteiger charge is -2.26. The topological polar surface area (TPSA) is 113 Å². The molecular formula is C13H21NO5. The molecule has 0 amide bonds. The molecule has 4 atom stereocenters. The smallest absolute Gasteiger partial charge is 0.111 e. The summed E-state index contributed by atoms with van der Waals surface area (Å²) >= 11 is 0. The van der Waals surface area contributed by atoms with Crippen molar-refractivity contribution >= 4 is 5.69 Å². The normalized spacial score (nSPS) is 17.6. The number of rotatable bonds is 7. The number of aliphatic hydroxyl groups is 5. The van der Waals surface area contributed by atoms with Gasteiger partial charge in [-0.2, -0.15) is 0 Å². The lowest BCUT2D eigenvalue weighted by molar-refractivity contribution is -0.111. The monoisotopic (exact) mass is 271 g/mol. The fourth-order valence-electron chi connectivity index (χ4n) is 1.66. The summed E-state index contributed by atoms with van der Waals surface area (Å²) in [6, 6.07) is 7.46. The van der Waals surface area contributed by atoms with Gasteiger partial charge in [-0.15, -0.1) is 0 Å². The minimum atomic E-state index is -1.60. The molecule has 0 heterocycles. The van der Waals surface area contributed by atoms with Crippen molar-refractivity contribution in [1.82, 2.24) is 0 Å². The molecule has 1 aromatic rings. The maximum absolute atomic E-state index is 9.70. The van der Waals surface area contributed by atoms with Crippen LogP contribution >= 0.6 is 0 Å². The van der Waals surface area contributed by atoms with Crippen molar-refractivity contribution in [2.75, 3.05) is 18.5 Å². The predicted octanol–water partition coefficient (Wildman–Crippen LogP) is -1.16. The third-order valence-electron chi connectivity index (χ3n) is 2.86. The summed E-state index contributed by atoms with van der Waals surface area (Å²) in [6.07, 6.45) is -5.89. The zero-order valence-corrected chi connectivity index (χ0v) is 10.8. The second-order valence-electron chi connectivity index (χ2n) is 4.55. The molecule has 6 N–H and O–H groups in total. The summed E-state index contributed by atoms with van der Waals surface area (Å²) in [5, 5.41) is 49.5. The zero-order valence-electron chi connectivity index (χ0n) is 10.8. The fraction of sp³-hybridized carbons (Fsp3) is 0.538. The molecule has 0 aliphatic heterocycles. The average Bonchev–Trinajstić information content (AvgIpc) is 2.42. The lowest BCUT2D eigenvalue weighted by atomic mass is 10.0. The van der Waals surface area contributed by atoms with E-state index in [0.717, 1.165) is 11.3 Å². The second-order valence-corrected chi connectivity index (χ2v) is 4.55. The van der Waals surface area contributed by atoms with Gasteiger partial charge >= 0.3 is 0 Å². The highest BCUT2D eigenvalue weighted by molar-refractivity contribution is 5.45. The number of nitrogens with one attached hydrogen (secondary N) is 1. The van der Waals surface area contributed by atoms with Crippen molar-refractivity contribution < 1.29 is 25.5 Å². The van der Waals surface area contributed by atoms with E-state index in [1.54, 1.807) is 0 Å². The number of anilines is 1. The summed E-state index contributed by atoms with van der Waals surface area (Å²) < 4.78 is 0. The molecule has 108 valence electrons. The number of benzene rings is 1. The van der Waals surface area contributed by atoms with Gasteiger partial charge in [0.1, 0.15) is 18.3 Å². The maximum Gasteiger partial charge on any atom is 0.111 e. The molecule has 6 nitrogen and oxygen atoms in total. The van der Waals surface area contributed by atoms with Crippen molar-refractivity contribution in [1.29, 1.82) is 0 Å². The summed E-state index contributed by atoms with van der Waals surface area (Å²) in [4.78, 5) is 0. The molecule has 0 aliphatic rings. The molecule has 1 rings (SSSR count). The molecule has 0 spiro atoms. The van der Waals surface area contributed by atoms with Crippen molar-refractivity contribution in [3.63, 3.8) is 0 Å². The van der Waals surface area contributed by atoms with E-state index in [2.05, 4.69) is 5.32 Å². The molecule has 0 saturated heterocycles. The summed E-state index contributed by atoms with van der Waals surface area (Å²) in [7, 11) is 0. The van der Waals surface area contributed by atoms with Crippen LogP contribution in [0.15, 0.2) is 24.3 Å². The Morgan fingerprint density at radius 3 is 2.26 bits per heavy atom. The third-order valence-corrected chi connectivity index (χ3v) is 2.86. The first-order valence-electron chi connectivity index (χ1n) is 6.09. The summed E-state index contributed by atoms with van der Waals surface area (Å²) in [6.45, 7) is 1.26. The largest absolute Gasteiger partial charge is 0.394 e. The zero-order chi connectivity index (χ0) is 14.4. The first kappa shape index (κ1) is 15.9. The van der Waals surface area contributed by atoms with E-state index < -0.39 is 31.0 Å². The number of aliphatic hydroxyl groups excluding tert-OH is 5. The van der Waals surface area contributed by atoms with E-state index in [1.807, 2.05) is 31.2 Å². The quantitative estimate of drug-likeness (QED) is 0.373. The molecule has 6 heteroatoms. The van der Waals surface area contributed by atoms with Crippen molar-refractivity contribution in [2.24, 2.45) is 0 Å². The minimum absolute atomic E-state index is 0.0137. The van der Waals surface area contributed by atoms with E-state index in [4.69, 9.17) is 5.11 Å². The Labute approximate surface area is 112 Å². The van der Waals surface area contributed by atoms with Gasteiger partial charge in [-0.05, 0) is 24.6 Å². The van der Waals surface area contributed by atoms with E-state index >= 15 is 0 Å². The van der Waals surface area contributed by atoms with Crippen LogP contribution < -0.4 is 5.32 Å². The molecule has 19 heavy (non-hydrogen) atoms. The molecule has 0 fully saturated rings. The molecule has 0 saturated carbocycles. The minimum Gasteiger partial charge on any atom is -0.394 e. The molecule has 1 aromatic carbocycles. The van der Waals surface area contributed by atoms with Gasteiger partial charge in [0.05, 0.1) is 12.7 Å². The van der Waals surface area contributed by atoms with Crippen LogP contribution in [-0.2, 0) is 0 Å². The van der Waals surface area contributed by atoms with Gasteiger partial charge in [0.2, 0.25) is 0 Å². The van der Waals surface area contributed by atoms with E-state index in [1.165, 1.54) is 0 Å². The Kier molecular flexibility index (Phi) is 6.20. The molecule has 0 aliphatic carbocycles. The summed E-state index contributed by atoms with van der Waals surface area (Å²) in [5.74, 6) is 0. The molecule has 0 aromatic heterocycles. The maximum atomic E-state index is 9.70. The number of hydrogen-bond acceptors (Lipinski definition) is 6. The second kappa shape index (κ2) is 7.42. The fourth-order valence-corrected chi connectivity index (χ4v) is 1.66. The number of aryl methyl sites for hydroxylation is 1. The third kappa shape index (κ3) is 4.77. The van der Waals surface area contributed by atoms with Crippen LogP contribution in [0, 0.1) is 6.92 Å². The van der Waals surface area contributed by atoms with Gasteiger partial charge < -0.3 is 30.8 Å². The highest BCUT2D eigenvalue weighted by Gasteiger charge is 2.29. The first-order valence-corrected chi connectivity index (χ1v) is 6.09. The van der Waals surface area contributed by atoms with Crippen LogP contribution in [0.5, 0.6) is 0 Å². The lowest BCUT2D eigenvalue weighted by Crippen LogP contribution is -2.48. The van der Waals surface area contributed by atoms with Gasteiger partial charge in [0.15, 0.2) is 0 Å². The van der Waals surface area contributed by atoms with Crippen molar-refractivity contribution in [2.45, 2.75) is 31.3 Å². The number of hydrogen-bond donors (Lipinski definition) is 6. The Bertz CT molecular complexity index is 387. The SMILES string of the molecule is Cc1cccc(NCC(O)C(O)C(O)C(O)CO)c1. The molecule has 4 unspecified atom stereocenters. The van der Waals surface area contributed by atoms with E-state index in [9.17, 15) is 20.4 Å². The molecule has 0 radical (unpaired) electrons. The van der Waals surface area contributed by atoms with Gasteiger partial charge in [-0.25, -0.2) is 0 Å². The standard InChI is InChI=1S/C13H21NO5/c1-8-3-2-4-9(5-8)14-6-10(16)12(18)13(19)11(17)7-15/h2-5,10-19H,6-7H2,1H3. The Morgan fingerprint density at radius 2 is 1.68 bits per heavy atom. The van der Waals surface area contributed by atoms with Crippen LogP contribution in [0.25, 0.3) is 0 Å². The average molecular weight is 271 g/mol. The van der Waals surface area contributed by atoms with Gasteiger partial charge in [0, 0.05) is 12.2 Å². The Morgan fingerprint density at radius 1 is 1.05 bits per heavy atom. The molecular weight excluding hydrogens is 250 g/mol. The van der Waals surface area contributed by atoms with Crippen LogP contribution in [0.1, 0.15) is 5.56 Å². The van der Waals surface area contributed by atoms with Crippen molar-refractivity contribution in [3.05, 3.63) is 29.8 Å². The van der Waals surface area contributed by atoms with Crippen molar-refractivity contribution in [3.8, 4) is 0 Å². The highest BCUT2D eigenvalue weighted by Crippen LogP contribution is 2.11. The van der Waals surface area contributed by atoms with E-state index in [-0.39, 0.29) is 6.54 Å². The van der Waals surface area contributed by atoms with E-state index in [0.29, 0.717) is 0 Å². The van der Waals surface area contributed by atoms with Gasteiger partial charge in [-0.1, -0.05) is 12.1 Å². The van der Waals surface area contributed by atoms with Crippen LogP contribution in [0.3, 0.4) is 0 Å². The Hall–Kier alpha value is -1.18. The first-order chi connectivity index (χ1) is 8.95. The van der Waals surface area contributed by atoms with Crippen LogP contribution in [0.4, 0.5) is 5.69 Å². The molecule has 0 bridgehead atoms. The Balaban J connectivity index is 2.48.